The number of fused-ring (bicyclic) bond motifs is 1. The molecule has 0 radical (unpaired) electrons. The summed E-state index contributed by atoms with van der Waals surface area (Å²) in [5.74, 6) is 1.73. The fourth-order valence-electron chi connectivity index (χ4n) is 2.74. The molecule has 0 aliphatic rings. The van der Waals surface area contributed by atoms with Crippen molar-refractivity contribution in [1.29, 1.82) is 0 Å². The monoisotopic (exact) mass is 339 g/mol. The van der Waals surface area contributed by atoms with E-state index < -0.39 is 0 Å². The van der Waals surface area contributed by atoms with E-state index in [0.717, 1.165) is 28.2 Å². The predicted octanol–water partition coefficient (Wildman–Crippen LogP) is 3.52. The zero-order valence-electron chi connectivity index (χ0n) is 14.0. The Balaban J connectivity index is 1.75. The van der Waals surface area contributed by atoms with Crippen LogP contribution in [0.15, 0.2) is 48.5 Å². The second-order valence-corrected chi connectivity index (χ2v) is 6.61. The normalized spacial score (nSPS) is 10.9. The van der Waals surface area contributed by atoms with Gasteiger partial charge in [-0.15, -0.1) is 0 Å². The summed E-state index contributed by atoms with van der Waals surface area (Å²) in [6.07, 6.45) is 2.04. The third-order valence-corrected chi connectivity index (χ3v) is 4.59. The van der Waals surface area contributed by atoms with Crippen molar-refractivity contribution < 1.29 is 4.79 Å². The molecule has 0 aliphatic heterocycles. The minimum absolute atomic E-state index is 0.00348. The summed E-state index contributed by atoms with van der Waals surface area (Å²) in [7, 11) is 0. The second kappa shape index (κ2) is 7.53. The molecule has 0 saturated carbocycles. The van der Waals surface area contributed by atoms with Crippen molar-refractivity contribution in [3.05, 3.63) is 65.5 Å². The second-order valence-electron chi connectivity index (χ2n) is 5.74. The van der Waals surface area contributed by atoms with Gasteiger partial charge in [0.05, 0.1) is 16.8 Å². The highest BCUT2D eigenvalue weighted by atomic mass is 32.2. The Bertz CT molecular complexity index is 857. The Labute approximate surface area is 146 Å². The van der Waals surface area contributed by atoms with Crippen LogP contribution in [0.3, 0.4) is 0 Å². The number of amides is 1. The molecule has 3 rings (SSSR count). The van der Waals surface area contributed by atoms with E-state index in [1.165, 1.54) is 5.56 Å². The van der Waals surface area contributed by atoms with Crippen LogP contribution in [0.1, 0.15) is 17.0 Å². The average molecular weight is 339 g/mol. The Morgan fingerprint density at radius 3 is 2.71 bits per heavy atom. The lowest BCUT2D eigenvalue weighted by molar-refractivity contribution is -0.121. The number of carbonyl (C=O) groups excluding carboxylic acids is 1. The van der Waals surface area contributed by atoms with Crippen LogP contribution in [-0.2, 0) is 23.6 Å². The third kappa shape index (κ3) is 3.62. The minimum Gasteiger partial charge on any atom is -0.350 e. The van der Waals surface area contributed by atoms with Crippen molar-refractivity contribution in [2.75, 3.05) is 6.26 Å². The van der Waals surface area contributed by atoms with Gasteiger partial charge < -0.3 is 9.88 Å². The number of carbonyl (C=O) groups is 1. The molecular formula is C19H21N3OS. The highest BCUT2D eigenvalue weighted by molar-refractivity contribution is 7.97. The van der Waals surface area contributed by atoms with Crippen LogP contribution in [0.5, 0.6) is 0 Å². The van der Waals surface area contributed by atoms with Crippen molar-refractivity contribution in [1.82, 2.24) is 14.9 Å². The molecule has 24 heavy (non-hydrogen) atoms. The van der Waals surface area contributed by atoms with Gasteiger partial charge in [0.15, 0.2) is 0 Å². The van der Waals surface area contributed by atoms with Gasteiger partial charge >= 0.3 is 0 Å². The smallest absolute Gasteiger partial charge is 0.240 e. The molecule has 1 heterocycles. The fraction of sp³-hybridized carbons (Fsp3) is 0.263. The molecule has 0 aliphatic carbocycles. The van der Waals surface area contributed by atoms with Crippen LogP contribution in [0.2, 0.25) is 0 Å². The maximum atomic E-state index is 12.4. The molecule has 0 saturated heterocycles. The molecule has 5 heteroatoms. The Kier molecular flexibility index (Phi) is 5.20. The summed E-state index contributed by atoms with van der Waals surface area (Å²) < 4.78 is 2.01. The van der Waals surface area contributed by atoms with E-state index in [2.05, 4.69) is 23.3 Å². The van der Waals surface area contributed by atoms with Gasteiger partial charge in [0, 0.05) is 6.54 Å². The summed E-state index contributed by atoms with van der Waals surface area (Å²) in [5, 5.41) is 3.02. The van der Waals surface area contributed by atoms with Gasteiger partial charge in [0.2, 0.25) is 5.91 Å². The van der Waals surface area contributed by atoms with Crippen LogP contribution < -0.4 is 5.32 Å². The van der Waals surface area contributed by atoms with E-state index in [1.54, 1.807) is 11.8 Å². The van der Waals surface area contributed by atoms with Gasteiger partial charge in [-0.25, -0.2) is 4.98 Å². The first-order valence-corrected chi connectivity index (χ1v) is 9.32. The lowest BCUT2D eigenvalue weighted by Crippen LogP contribution is -2.28. The number of nitrogens with one attached hydrogen (secondary N) is 1. The Hall–Kier alpha value is -2.27. The molecule has 1 amide bonds. The molecule has 0 fully saturated rings. The third-order valence-electron chi connectivity index (χ3n) is 4.05. The molecule has 2 aromatic carbocycles. The maximum Gasteiger partial charge on any atom is 0.240 e. The molecule has 1 aromatic heterocycles. The van der Waals surface area contributed by atoms with Crippen LogP contribution in [0, 0.1) is 6.92 Å². The molecule has 124 valence electrons. The van der Waals surface area contributed by atoms with Crippen molar-refractivity contribution >= 4 is 28.7 Å². The fourth-order valence-corrected chi connectivity index (χ4v) is 3.22. The van der Waals surface area contributed by atoms with Crippen molar-refractivity contribution in [3.8, 4) is 0 Å². The van der Waals surface area contributed by atoms with Gasteiger partial charge in [-0.2, -0.15) is 11.8 Å². The van der Waals surface area contributed by atoms with Crippen LogP contribution >= 0.6 is 11.8 Å². The standard InChI is InChI=1S/C19H21N3OS/c1-14-7-3-4-8-15(14)11-20-19(23)12-22-17-10-6-5-9-16(17)21-18(22)13-24-2/h3-10H,11-13H2,1-2H3,(H,20,23). The molecule has 4 nitrogen and oxygen atoms in total. The quantitative estimate of drug-likeness (QED) is 0.747. The van der Waals surface area contributed by atoms with E-state index in [4.69, 9.17) is 0 Å². The molecular weight excluding hydrogens is 318 g/mol. The molecule has 0 bridgehead atoms. The van der Waals surface area contributed by atoms with Gasteiger partial charge in [-0.1, -0.05) is 36.4 Å². The first kappa shape index (κ1) is 16.6. The summed E-state index contributed by atoms with van der Waals surface area (Å²) in [5.41, 5.74) is 4.28. The first-order chi connectivity index (χ1) is 11.7. The predicted molar refractivity (Wildman–Crippen MR) is 100.0 cm³/mol. The zero-order chi connectivity index (χ0) is 16.9. The first-order valence-electron chi connectivity index (χ1n) is 7.93. The summed E-state index contributed by atoms with van der Waals surface area (Å²) in [4.78, 5) is 17.1. The summed E-state index contributed by atoms with van der Waals surface area (Å²) in [6.45, 7) is 2.90. The molecule has 1 N–H and O–H groups in total. The largest absolute Gasteiger partial charge is 0.350 e. The number of nitrogens with zero attached hydrogens (tertiary/aromatic N) is 2. The number of hydrogen-bond acceptors (Lipinski definition) is 3. The number of thioether (sulfide) groups is 1. The highest BCUT2D eigenvalue weighted by Gasteiger charge is 2.13. The highest BCUT2D eigenvalue weighted by Crippen LogP contribution is 2.18. The number of para-hydroxylation sites is 2. The minimum atomic E-state index is 0.00348. The molecule has 0 spiro atoms. The van der Waals surface area contributed by atoms with Crippen LogP contribution in [0.25, 0.3) is 11.0 Å². The number of hydrogen-bond donors (Lipinski definition) is 1. The summed E-state index contributed by atoms with van der Waals surface area (Å²) >= 11 is 1.71. The number of imidazole rings is 1. The van der Waals surface area contributed by atoms with Gasteiger partial charge in [0.25, 0.3) is 0 Å². The Morgan fingerprint density at radius 2 is 1.92 bits per heavy atom. The lowest BCUT2D eigenvalue weighted by atomic mass is 10.1. The lowest BCUT2D eigenvalue weighted by Gasteiger charge is -2.11. The van der Waals surface area contributed by atoms with E-state index >= 15 is 0 Å². The van der Waals surface area contributed by atoms with E-state index in [1.807, 2.05) is 53.3 Å². The number of aryl methyl sites for hydroxylation is 1. The Morgan fingerprint density at radius 1 is 1.17 bits per heavy atom. The zero-order valence-corrected chi connectivity index (χ0v) is 14.8. The summed E-state index contributed by atoms with van der Waals surface area (Å²) in [6, 6.07) is 16.1. The van der Waals surface area contributed by atoms with Crippen molar-refractivity contribution in [2.24, 2.45) is 0 Å². The van der Waals surface area contributed by atoms with Crippen molar-refractivity contribution in [2.45, 2.75) is 25.8 Å². The SMILES string of the molecule is CSCc1nc2ccccc2n1CC(=O)NCc1ccccc1C. The van der Waals surface area contributed by atoms with Crippen molar-refractivity contribution in [3.63, 3.8) is 0 Å². The number of rotatable bonds is 6. The molecule has 0 atom stereocenters. The topological polar surface area (TPSA) is 46.9 Å². The maximum absolute atomic E-state index is 12.4. The average Bonchev–Trinajstić information content (AvgIpc) is 2.92. The number of aromatic nitrogens is 2. The number of benzene rings is 2. The van der Waals surface area contributed by atoms with E-state index in [9.17, 15) is 4.79 Å². The van der Waals surface area contributed by atoms with Gasteiger partial charge in [0.1, 0.15) is 12.4 Å². The van der Waals surface area contributed by atoms with E-state index in [0.29, 0.717) is 13.1 Å². The molecule has 3 aromatic rings. The van der Waals surface area contributed by atoms with Crippen LogP contribution in [-0.4, -0.2) is 21.7 Å². The molecule has 0 unspecified atom stereocenters. The van der Waals surface area contributed by atoms with E-state index in [-0.39, 0.29) is 5.91 Å². The van der Waals surface area contributed by atoms with Gasteiger partial charge in [-0.05, 0) is 36.4 Å². The van der Waals surface area contributed by atoms with Gasteiger partial charge in [-0.3, -0.25) is 4.79 Å². The van der Waals surface area contributed by atoms with Crippen LogP contribution in [0.4, 0.5) is 0 Å².